The molecule has 2 aromatic carbocycles. The van der Waals surface area contributed by atoms with Gasteiger partial charge in [-0.2, -0.15) is 0 Å². The van der Waals surface area contributed by atoms with E-state index in [-0.39, 0.29) is 17.4 Å². The van der Waals surface area contributed by atoms with Crippen molar-refractivity contribution in [3.8, 4) is 0 Å². The number of amides is 2. The topological polar surface area (TPSA) is 86.9 Å². The van der Waals surface area contributed by atoms with Gasteiger partial charge in [-0.3, -0.25) is 14.9 Å². The predicted octanol–water partition coefficient (Wildman–Crippen LogP) is 3.62. The number of aromatic nitrogens is 2. The third-order valence-corrected chi connectivity index (χ3v) is 4.08. The Morgan fingerprint density at radius 2 is 1.79 bits per heavy atom. The minimum Gasteiger partial charge on any atom is -0.340 e. The fourth-order valence-electron chi connectivity index (χ4n) is 2.85. The van der Waals surface area contributed by atoms with Crippen LogP contribution in [0.15, 0.2) is 42.5 Å². The van der Waals surface area contributed by atoms with Gasteiger partial charge in [0.2, 0.25) is 11.9 Å². The van der Waals surface area contributed by atoms with Gasteiger partial charge in [0.15, 0.2) is 0 Å². The van der Waals surface area contributed by atoms with Crippen LogP contribution in [0.25, 0.3) is 11.0 Å². The number of carbonyl (C=O) groups excluding carboxylic acids is 2. The molecule has 3 aromatic rings. The van der Waals surface area contributed by atoms with Crippen molar-refractivity contribution in [2.75, 3.05) is 5.32 Å². The molecule has 8 heteroatoms. The van der Waals surface area contributed by atoms with Crippen molar-refractivity contribution < 1.29 is 18.4 Å². The molecule has 0 bridgehead atoms. The molecule has 6 nitrogen and oxygen atoms in total. The monoisotopic (exact) mass is 386 g/mol. The SMILES string of the molecule is CC(C)C[C@H](NC(=O)c1cc(F)cc(F)c1)C(=O)Nc1nc2ccccc2[nH]1. The summed E-state index contributed by atoms with van der Waals surface area (Å²) in [5.41, 5.74) is 1.26. The predicted molar refractivity (Wildman–Crippen MR) is 102 cm³/mol. The van der Waals surface area contributed by atoms with Gasteiger partial charge in [-0.1, -0.05) is 26.0 Å². The van der Waals surface area contributed by atoms with Crippen LogP contribution in [-0.4, -0.2) is 27.8 Å². The van der Waals surface area contributed by atoms with Crippen LogP contribution in [0.4, 0.5) is 14.7 Å². The number of imidazole rings is 1. The molecule has 2 amide bonds. The highest BCUT2D eigenvalue weighted by atomic mass is 19.1. The highest BCUT2D eigenvalue weighted by Gasteiger charge is 2.24. The molecule has 0 radical (unpaired) electrons. The number of hydrogen-bond acceptors (Lipinski definition) is 3. The number of para-hydroxylation sites is 2. The first-order valence-corrected chi connectivity index (χ1v) is 8.84. The lowest BCUT2D eigenvalue weighted by Gasteiger charge is -2.19. The van der Waals surface area contributed by atoms with E-state index in [2.05, 4.69) is 20.6 Å². The van der Waals surface area contributed by atoms with Gasteiger partial charge in [0, 0.05) is 11.6 Å². The number of halogens is 2. The number of aromatic amines is 1. The van der Waals surface area contributed by atoms with E-state index in [1.807, 2.05) is 32.0 Å². The van der Waals surface area contributed by atoms with Gasteiger partial charge in [0.1, 0.15) is 17.7 Å². The molecule has 0 aliphatic heterocycles. The second-order valence-electron chi connectivity index (χ2n) is 6.91. The van der Waals surface area contributed by atoms with Gasteiger partial charge in [-0.05, 0) is 36.6 Å². The molecule has 0 aliphatic rings. The Labute approximate surface area is 160 Å². The summed E-state index contributed by atoms with van der Waals surface area (Å²) in [4.78, 5) is 32.3. The van der Waals surface area contributed by atoms with E-state index in [1.165, 1.54) is 0 Å². The Balaban J connectivity index is 1.76. The van der Waals surface area contributed by atoms with Gasteiger partial charge < -0.3 is 10.3 Å². The molecule has 3 rings (SSSR count). The van der Waals surface area contributed by atoms with Crippen LogP contribution in [0.5, 0.6) is 0 Å². The fourth-order valence-corrected chi connectivity index (χ4v) is 2.85. The normalized spacial score (nSPS) is 12.2. The molecule has 28 heavy (non-hydrogen) atoms. The molecule has 0 saturated carbocycles. The van der Waals surface area contributed by atoms with Crippen LogP contribution in [-0.2, 0) is 4.79 Å². The van der Waals surface area contributed by atoms with Crippen LogP contribution >= 0.6 is 0 Å². The number of rotatable bonds is 6. The summed E-state index contributed by atoms with van der Waals surface area (Å²) >= 11 is 0. The third-order valence-electron chi connectivity index (χ3n) is 4.08. The summed E-state index contributed by atoms with van der Waals surface area (Å²) in [7, 11) is 0. The summed E-state index contributed by atoms with van der Waals surface area (Å²) in [5, 5.41) is 5.19. The molecule has 1 atom stereocenters. The summed E-state index contributed by atoms with van der Waals surface area (Å²) < 4.78 is 26.7. The Morgan fingerprint density at radius 3 is 2.43 bits per heavy atom. The van der Waals surface area contributed by atoms with E-state index in [4.69, 9.17) is 0 Å². The lowest BCUT2D eigenvalue weighted by molar-refractivity contribution is -0.118. The van der Waals surface area contributed by atoms with Crippen LogP contribution in [0.1, 0.15) is 30.6 Å². The van der Waals surface area contributed by atoms with Crippen molar-refractivity contribution in [2.24, 2.45) is 5.92 Å². The van der Waals surface area contributed by atoms with E-state index >= 15 is 0 Å². The molecule has 0 aliphatic carbocycles. The van der Waals surface area contributed by atoms with Crippen LogP contribution in [0, 0.1) is 17.6 Å². The zero-order valence-corrected chi connectivity index (χ0v) is 15.4. The number of carbonyl (C=O) groups is 2. The first-order chi connectivity index (χ1) is 13.3. The molecule has 146 valence electrons. The standard InChI is InChI=1S/C20H20F2N4O2/c1-11(2)7-17(23-18(27)12-8-13(21)10-14(22)9-12)19(28)26-20-24-15-5-3-4-6-16(15)25-20/h3-6,8-11,17H,7H2,1-2H3,(H,23,27)(H2,24,25,26,28)/t17-/m0/s1. The molecular formula is C20H20F2N4O2. The number of hydrogen-bond donors (Lipinski definition) is 3. The largest absolute Gasteiger partial charge is 0.340 e. The number of nitrogens with one attached hydrogen (secondary N) is 3. The maximum absolute atomic E-state index is 13.4. The van der Waals surface area contributed by atoms with Crippen molar-refractivity contribution in [3.05, 3.63) is 59.7 Å². The van der Waals surface area contributed by atoms with E-state index in [0.717, 1.165) is 17.6 Å². The summed E-state index contributed by atoms with van der Waals surface area (Å²) in [6.07, 6.45) is 0.343. The zero-order valence-electron chi connectivity index (χ0n) is 15.4. The second kappa shape index (κ2) is 8.16. The summed E-state index contributed by atoms with van der Waals surface area (Å²) in [6.45, 7) is 3.80. The van der Waals surface area contributed by atoms with Crippen molar-refractivity contribution in [2.45, 2.75) is 26.3 Å². The van der Waals surface area contributed by atoms with Crippen LogP contribution in [0.2, 0.25) is 0 Å². The molecule has 1 aromatic heterocycles. The summed E-state index contributed by atoms with van der Waals surface area (Å²) in [5.74, 6) is -2.58. The van der Waals surface area contributed by atoms with Crippen molar-refractivity contribution in [3.63, 3.8) is 0 Å². The number of H-pyrrole nitrogens is 1. The van der Waals surface area contributed by atoms with E-state index in [1.54, 1.807) is 6.07 Å². The maximum atomic E-state index is 13.4. The van der Waals surface area contributed by atoms with Crippen LogP contribution < -0.4 is 10.6 Å². The molecule has 0 unspecified atom stereocenters. The van der Waals surface area contributed by atoms with Gasteiger partial charge in [-0.15, -0.1) is 0 Å². The minimum atomic E-state index is -0.896. The number of anilines is 1. The Hall–Kier alpha value is -3.29. The van der Waals surface area contributed by atoms with Gasteiger partial charge in [0.25, 0.3) is 5.91 Å². The lowest BCUT2D eigenvalue weighted by atomic mass is 10.0. The molecular weight excluding hydrogens is 366 g/mol. The van der Waals surface area contributed by atoms with E-state index < -0.39 is 29.5 Å². The third kappa shape index (κ3) is 4.70. The molecule has 3 N–H and O–H groups in total. The van der Waals surface area contributed by atoms with Gasteiger partial charge >= 0.3 is 0 Å². The van der Waals surface area contributed by atoms with Gasteiger partial charge in [-0.25, -0.2) is 13.8 Å². The average Bonchev–Trinajstić information content (AvgIpc) is 3.02. The fraction of sp³-hybridized carbons (Fsp3) is 0.250. The van der Waals surface area contributed by atoms with Crippen LogP contribution in [0.3, 0.4) is 0 Å². The Kier molecular flexibility index (Phi) is 5.67. The smallest absolute Gasteiger partial charge is 0.252 e. The van der Waals surface area contributed by atoms with Crippen molar-refractivity contribution >= 4 is 28.8 Å². The lowest BCUT2D eigenvalue weighted by Crippen LogP contribution is -2.44. The Bertz CT molecular complexity index is 963. The highest BCUT2D eigenvalue weighted by molar-refractivity contribution is 6.01. The first kappa shape index (κ1) is 19.5. The van der Waals surface area contributed by atoms with E-state index in [9.17, 15) is 18.4 Å². The highest BCUT2D eigenvalue weighted by Crippen LogP contribution is 2.15. The number of nitrogens with zero attached hydrogens (tertiary/aromatic N) is 1. The number of benzene rings is 2. The van der Waals surface area contributed by atoms with Crippen molar-refractivity contribution in [1.29, 1.82) is 0 Å². The molecule has 0 spiro atoms. The van der Waals surface area contributed by atoms with E-state index in [0.29, 0.717) is 18.0 Å². The Morgan fingerprint density at radius 1 is 1.11 bits per heavy atom. The minimum absolute atomic E-state index is 0.0935. The average molecular weight is 386 g/mol. The molecule has 1 heterocycles. The first-order valence-electron chi connectivity index (χ1n) is 8.84. The molecule has 0 fully saturated rings. The zero-order chi connectivity index (χ0) is 20.3. The molecule has 0 saturated heterocycles. The summed E-state index contributed by atoms with van der Waals surface area (Å²) in [6, 6.07) is 8.91. The quantitative estimate of drug-likeness (QED) is 0.605. The number of fused-ring (bicyclic) bond motifs is 1. The maximum Gasteiger partial charge on any atom is 0.252 e. The van der Waals surface area contributed by atoms with Crippen molar-refractivity contribution in [1.82, 2.24) is 15.3 Å². The second-order valence-corrected chi connectivity index (χ2v) is 6.91. The van der Waals surface area contributed by atoms with Gasteiger partial charge in [0.05, 0.1) is 11.0 Å².